The summed E-state index contributed by atoms with van der Waals surface area (Å²) in [5.41, 5.74) is 0.897. The Morgan fingerprint density at radius 1 is 1.30 bits per heavy atom. The van der Waals surface area contributed by atoms with Crippen LogP contribution in [0.2, 0.25) is 5.02 Å². The first-order valence-corrected chi connectivity index (χ1v) is 7.92. The fourth-order valence-corrected chi connectivity index (χ4v) is 3.08. The van der Waals surface area contributed by atoms with Gasteiger partial charge in [0, 0.05) is 26.2 Å². The Morgan fingerprint density at radius 2 is 2.00 bits per heavy atom. The van der Waals surface area contributed by atoms with E-state index in [0.29, 0.717) is 11.4 Å². The summed E-state index contributed by atoms with van der Waals surface area (Å²) in [6.07, 6.45) is 3.29. The lowest BCUT2D eigenvalue weighted by Crippen LogP contribution is -2.40. The molecule has 1 saturated heterocycles. The molecule has 0 atom stereocenters. The predicted octanol–water partition coefficient (Wildman–Crippen LogP) is 2.65. The van der Waals surface area contributed by atoms with Crippen molar-refractivity contribution in [2.45, 2.75) is 18.9 Å². The van der Waals surface area contributed by atoms with Crippen molar-refractivity contribution >= 4 is 23.0 Å². The monoisotopic (exact) mass is 336 g/mol. The van der Waals surface area contributed by atoms with Crippen molar-refractivity contribution < 1.29 is 4.39 Å². The highest BCUT2D eigenvalue weighted by molar-refractivity contribution is 6.33. The molecular weight excluding hydrogens is 319 g/mol. The average Bonchev–Trinajstić information content (AvgIpc) is 2.56. The normalized spacial score (nSPS) is 15.7. The Labute approximate surface area is 138 Å². The molecule has 0 amide bonds. The summed E-state index contributed by atoms with van der Waals surface area (Å²) in [7, 11) is 1.57. The van der Waals surface area contributed by atoms with Gasteiger partial charge in [0.25, 0.3) is 5.56 Å². The van der Waals surface area contributed by atoms with Gasteiger partial charge >= 0.3 is 0 Å². The van der Waals surface area contributed by atoms with Crippen molar-refractivity contribution in [1.29, 1.82) is 0 Å². The number of hydrogen-bond donors (Lipinski definition) is 1. The molecule has 0 unspecified atom stereocenters. The fourth-order valence-electron chi connectivity index (χ4n) is 2.79. The molecule has 0 bridgehead atoms. The third-order valence-electron chi connectivity index (χ3n) is 4.13. The van der Waals surface area contributed by atoms with Crippen LogP contribution in [0.5, 0.6) is 0 Å². The number of aromatic nitrogens is 2. The number of piperidine rings is 1. The van der Waals surface area contributed by atoms with Gasteiger partial charge in [-0.15, -0.1) is 0 Å². The molecule has 122 valence electrons. The van der Waals surface area contributed by atoms with E-state index in [4.69, 9.17) is 11.6 Å². The molecule has 2 heterocycles. The van der Waals surface area contributed by atoms with Gasteiger partial charge in [-0.3, -0.25) is 4.79 Å². The van der Waals surface area contributed by atoms with Crippen LogP contribution in [0.1, 0.15) is 12.8 Å². The molecule has 5 nitrogen and oxygen atoms in total. The van der Waals surface area contributed by atoms with Crippen molar-refractivity contribution in [1.82, 2.24) is 9.78 Å². The largest absolute Gasteiger partial charge is 0.380 e. The Bertz CT molecular complexity index is 756. The number of halogens is 2. The fraction of sp³-hybridized carbons (Fsp3) is 0.375. The minimum atomic E-state index is -0.296. The van der Waals surface area contributed by atoms with Crippen LogP contribution in [0.25, 0.3) is 0 Å². The maximum Gasteiger partial charge on any atom is 0.287 e. The van der Waals surface area contributed by atoms with Crippen LogP contribution in [0.3, 0.4) is 0 Å². The highest BCUT2D eigenvalue weighted by Gasteiger charge is 2.22. The summed E-state index contributed by atoms with van der Waals surface area (Å²) in [5, 5.41) is 7.46. The van der Waals surface area contributed by atoms with E-state index in [9.17, 15) is 9.18 Å². The molecular formula is C16H18ClFN4O. The molecule has 0 spiro atoms. The highest BCUT2D eigenvalue weighted by Crippen LogP contribution is 2.26. The summed E-state index contributed by atoms with van der Waals surface area (Å²) in [6, 6.07) is 6.87. The van der Waals surface area contributed by atoms with Gasteiger partial charge in [0.2, 0.25) is 0 Å². The summed E-state index contributed by atoms with van der Waals surface area (Å²) >= 11 is 6.14. The minimum Gasteiger partial charge on any atom is -0.380 e. The lowest BCUT2D eigenvalue weighted by Gasteiger charge is -2.34. The molecule has 23 heavy (non-hydrogen) atoms. The zero-order valence-corrected chi connectivity index (χ0v) is 13.6. The lowest BCUT2D eigenvalue weighted by molar-refractivity contribution is 0.520. The van der Waals surface area contributed by atoms with Crippen LogP contribution in [0.15, 0.2) is 35.3 Å². The molecule has 1 aliphatic heterocycles. The number of nitrogens with one attached hydrogen (secondary N) is 1. The van der Waals surface area contributed by atoms with Crippen LogP contribution < -0.4 is 15.8 Å². The van der Waals surface area contributed by atoms with E-state index in [1.807, 2.05) is 6.07 Å². The topological polar surface area (TPSA) is 50.2 Å². The molecule has 1 N–H and O–H groups in total. The zero-order chi connectivity index (χ0) is 16.4. The van der Waals surface area contributed by atoms with E-state index in [2.05, 4.69) is 15.3 Å². The highest BCUT2D eigenvalue weighted by atomic mass is 35.5. The summed E-state index contributed by atoms with van der Waals surface area (Å²) < 4.78 is 14.9. The average molecular weight is 337 g/mol. The number of anilines is 2. The zero-order valence-electron chi connectivity index (χ0n) is 12.8. The standard InChI is InChI=1S/C16H18ClFN4O/c1-21-16(23)15(17)14(10-19-21)22-8-6-11(7-9-22)20-13-5-3-2-4-12(13)18/h2-5,10-11,20H,6-9H2,1H3. The van der Waals surface area contributed by atoms with Gasteiger partial charge in [-0.25, -0.2) is 9.07 Å². The number of para-hydroxylation sites is 1. The van der Waals surface area contributed by atoms with Gasteiger partial charge in [-0.1, -0.05) is 23.7 Å². The number of rotatable bonds is 3. The van der Waals surface area contributed by atoms with Crippen LogP contribution in [-0.2, 0) is 7.05 Å². The first-order valence-electron chi connectivity index (χ1n) is 7.54. The van der Waals surface area contributed by atoms with Crippen molar-refractivity contribution in [2.24, 2.45) is 7.05 Å². The third-order valence-corrected chi connectivity index (χ3v) is 4.48. The van der Waals surface area contributed by atoms with Gasteiger partial charge in [0.05, 0.1) is 17.6 Å². The van der Waals surface area contributed by atoms with E-state index >= 15 is 0 Å². The maximum atomic E-state index is 13.7. The number of benzene rings is 1. The van der Waals surface area contributed by atoms with Gasteiger partial charge in [0.1, 0.15) is 10.8 Å². The first kappa shape index (κ1) is 15.8. The number of aryl methyl sites for hydroxylation is 1. The Balaban J connectivity index is 1.66. The number of nitrogens with zero attached hydrogens (tertiary/aromatic N) is 3. The Morgan fingerprint density at radius 3 is 2.70 bits per heavy atom. The van der Waals surface area contributed by atoms with E-state index in [0.717, 1.165) is 25.9 Å². The second-order valence-corrected chi connectivity index (χ2v) is 6.04. The first-order chi connectivity index (χ1) is 11.1. The van der Waals surface area contributed by atoms with E-state index in [1.165, 1.54) is 10.7 Å². The molecule has 1 aliphatic rings. The van der Waals surface area contributed by atoms with Crippen molar-refractivity contribution in [3.05, 3.63) is 51.7 Å². The minimum absolute atomic E-state index is 0.196. The van der Waals surface area contributed by atoms with Gasteiger partial charge in [-0.05, 0) is 25.0 Å². The molecule has 0 saturated carbocycles. The summed E-state index contributed by atoms with van der Waals surface area (Å²) in [4.78, 5) is 13.9. The second kappa shape index (κ2) is 6.58. The van der Waals surface area contributed by atoms with E-state index in [1.54, 1.807) is 25.4 Å². The Hall–Kier alpha value is -2.08. The molecule has 7 heteroatoms. The molecule has 1 fully saturated rings. The van der Waals surface area contributed by atoms with Gasteiger partial charge < -0.3 is 10.2 Å². The molecule has 1 aromatic carbocycles. The lowest BCUT2D eigenvalue weighted by atomic mass is 10.0. The van der Waals surface area contributed by atoms with E-state index < -0.39 is 0 Å². The summed E-state index contributed by atoms with van der Waals surface area (Å²) in [6.45, 7) is 1.47. The van der Waals surface area contributed by atoms with Crippen molar-refractivity contribution in [3.63, 3.8) is 0 Å². The summed E-state index contributed by atoms with van der Waals surface area (Å²) in [5.74, 6) is -0.242. The van der Waals surface area contributed by atoms with Gasteiger partial charge in [0.15, 0.2) is 0 Å². The SMILES string of the molecule is Cn1ncc(N2CCC(Nc3ccccc3F)CC2)c(Cl)c1=O. The maximum absolute atomic E-state index is 13.7. The van der Waals surface area contributed by atoms with Crippen LogP contribution >= 0.6 is 11.6 Å². The predicted molar refractivity (Wildman–Crippen MR) is 89.7 cm³/mol. The molecule has 0 radical (unpaired) electrons. The second-order valence-electron chi connectivity index (χ2n) is 5.66. The smallest absolute Gasteiger partial charge is 0.287 e. The molecule has 0 aliphatic carbocycles. The molecule has 1 aromatic heterocycles. The Kier molecular flexibility index (Phi) is 4.52. The van der Waals surface area contributed by atoms with Crippen LogP contribution in [-0.4, -0.2) is 28.9 Å². The van der Waals surface area contributed by atoms with Gasteiger partial charge in [-0.2, -0.15) is 5.10 Å². The molecule has 2 aromatic rings. The third kappa shape index (κ3) is 3.32. The molecule has 3 rings (SSSR count). The van der Waals surface area contributed by atoms with Crippen molar-refractivity contribution in [2.75, 3.05) is 23.3 Å². The van der Waals surface area contributed by atoms with Crippen LogP contribution in [0, 0.1) is 5.82 Å². The quantitative estimate of drug-likeness (QED) is 0.936. The number of hydrogen-bond acceptors (Lipinski definition) is 4. The van der Waals surface area contributed by atoms with E-state index in [-0.39, 0.29) is 22.4 Å². The van der Waals surface area contributed by atoms with Crippen LogP contribution in [0.4, 0.5) is 15.8 Å². The van der Waals surface area contributed by atoms with Crippen molar-refractivity contribution in [3.8, 4) is 0 Å².